The van der Waals surface area contributed by atoms with Gasteiger partial charge in [0.1, 0.15) is 16.5 Å². The van der Waals surface area contributed by atoms with Crippen molar-refractivity contribution in [3.05, 3.63) is 46.6 Å². The molecule has 0 spiro atoms. The van der Waals surface area contributed by atoms with Crippen LogP contribution in [0.4, 0.5) is 4.39 Å². The molecule has 2 aromatic heterocycles. The van der Waals surface area contributed by atoms with Crippen LogP contribution in [-0.4, -0.2) is 37.6 Å². The Labute approximate surface area is 146 Å². The SMILES string of the molecule is CCOC(=O)C(C)Sc1nc2c(cnn2-c2ccc(F)cc2)c(=O)[nH]1. The average Bonchev–Trinajstić information content (AvgIpc) is 3.00. The quantitative estimate of drug-likeness (QED) is 0.425. The van der Waals surface area contributed by atoms with Crippen LogP contribution in [-0.2, 0) is 9.53 Å². The predicted molar refractivity (Wildman–Crippen MR) is 91.4 cm³/mol. The van der Waals surface area contributed by atoms with Gasteiger partial charge < -0.3 is 9.72 Å². The van der Waals surface area contributed by atoms with Gasteiger partial charge in [0, 0.05) is 0 Å². The first-order valence-electron chi connectivity index (χ1n) is 7.57. The van der Waals surface area contributed by atoms with Crippen molar-refractivity contribution in [2.45, 2.75) is 24.3 Å². The van der Waals surface area contributed by atoms with Gasteiger partial charge in [0.05, 0.1) is 18.5 Å². The van der Waals surface area contributed by atoms with E-state index in [1.54, 1.807) is 26.0 Å². The largest absolute Gasteiger partial charge is 0.465 e. The molecule has 1 atom stereocenters. The summed E-state index contributed by atoms with van der Waals surface area (Å²) in [5.41, 5.74) is 0.537. The second kappa shape index (κ2) is 7.06. The highest BCUT2D eigenvalue weighted by atomic mass is 32.2. The third-order valence-corrected chi connectivity index (χ3v) is 4.36. The van der Waals surface area contributed by atoms with Gasteiger partial charge >= 0.3 is 5.97 Å². The van der Waals surface area contributed by atoms with Gasteiger partial charge in [-0.05, 0) is 38.1 Å². The Balaban J connectivity index is 2.00. The van der Waals surface area contributed by atoms with Crippen LogP contribution in [0.25, 0.3) is 16.7 Å². The van der Waals surface area contributed by atoms with Crippen molar-refractivity contribution in [1.82, 2.24) is 19.7 Å². The Kier molecular flexibility index (Phi) is 4.84. The molecule has 1 N–H and O–H groups in total. The Morgan fingerprint density at radius 2 is 2.12 bits per heavy atom. The van der Waals surface area contributed by atoms with Crippen molar-refractivity contribution in [3.8, 4) is 5.69 Å². The highest BCUT2D eigenvalue weighted by molar-refractivity contribution is 8.00. The number of nitrogens with zero attached hydrogens (tertiary/aromatic N) is 3. The second-order valence-corrected chi connectivity index (χ2v) is 6.48. The molecule has 3 aromatic rings. The number of aromatic amines is 1. The molecule has 2 heterocycles. The van der Waals surface area contributed by atoms with E-state index in [9.17, 15) is 14.0 Å². The fraction of sp³-hybridized carbons (Fsp3) is 0.250. The Morgan fingerprint density at radius 1 is 1.40 bits per heavy atom. The molecule has 3 rings (SSSR count). The fourth-order valence-electron chi connectivity index (χ4n) is 2.20. The maximum absolute atomic E-state index is 13.1. The summed E-state index contributed by atoms with van der Waals surface area (Å²) in [7, 11) is 0. The van der Waals surface area contributed by atoms with E-state index in [0.717, 1.165) is 11.8 Å². The summed E-state index contributed by atoms with van der Waals surface area (Å²) >= 11 is 1.09. The van der Waals surface area contributed by atoms with Crippen LogP contribution in [0, 0.1) is 5.82 Å². The standard InChI is InChI=1S/C16H15FN4O3S/c1-3-24-15(23)9(2)25-16-19-13-12(14(22)20-16)8-18-21(13)11-6-4-10(17)5-7-11/h4-9H,3H2,1-2H3,(H,19,20,22). The molecule has 0 aliphatic rings. The summed E-state index contributed by atoms with van der Waals surface area (Å²) in [6.45, 7) is 3.68. The molecular formula is C16H15FN4O3S. The van der Waals surface area contributed by atoms with Crippen LogP contribution in [0.3, 0.4) is 0 Å². The van der Waals surface area contributed by atoms with E-state index < -0.39 is 5.25 Å². The first-order valence-corrected chi connectivity index (χ1v) is 8.45. The van der Waals surface area contributed by atoms with Crippen LogP contribution in [0.15, 0.2) is 40.4 Å². The zero-order valence-electron chi connectivity index (χ0n) is 13.5. The van der Waals surface area contributed by atoms with Crippen molar-refractivity contribution in [3.63, 3.8) is 0 Å². The molecule has 0 aliphatic heterocycles. The number of H-pyrrole nitrogens is 1. The highest BCUT2D eigenvalue weighted by Gasteiger charge is 2.19. The second-order valence-electron chi connectivity index (χ2n) is 5.15. The number of halogens is 1. The van der Waals surface area contributed by atoms with Crippen LogP contribution in [0.2, 0.25) is 0 Å². The highest BCUT2D eigenvalue weighted by Crippen LogP contribution is 2.22. The number of ether oxygens (including phenoxy) is 1. The number of hydrogen-bond donors (Lipinski definition) is 1. The van der Waals surface area contributed by atoms with Gasteiger partial charge in [-0.1, -0.05) is 11.8 Å². The molecule has 0 amide bonds. The topological polar surface area (TPSA) is 89.9 Å². The summed E-state index contributed by atoms with van der Waals surface area (Å²) in [4.78, 5) is 31.0. The summed E-state index contributed by atoms with van der Waals surface area (Å²) in [6.07, 6.45) is 1.40. The van der Waals surface area contributed by atoms with E-state index >= 15 is 0 Å². The van der Waals surface area contributed by atoms with E-state index in [0.29, 0.717) is 16.7 Å². The van der Waals surface area contributed by atoms with Crippen molar-refractivity contribution in [2.24, 2.45) is 0 Å². The van der Waals surface area contributed by atoms with E-state index in [-0.39, 0.29) is 29.1 Å². The number of hydrogen-bond acceptors (Lipinski definition) is 6. The number of rotatable bonds is 5. The molecule has 7 nitrogen and oxygen atoms in total. The van der Waals surface area contributed by atoms with Crippen LogP contribution < -0.4 is 5.56 Å². The lowest BCUT2D eigenvalue weighted by Gasteiger charge is -2.09. The number of thioether (sulfide) groups is 1. The first kappa shape index (κ1) is 17.2. The molecule has 0 bridgehead atoms. The van der Waals surface area contributed by atoms with Gasteiger partial charge in [-0.2, -0.15) is 5.10 Å². The molecule has 0 saturated carbocycles. The molecule has 1 aromatic carbocycles. The summed E-state index contributed by atoms with van der Waals surface area (Å²) in [5.74, 6) is -0.757. The zero-order chi connectivity index (χ0) is 18.0. The Morgan fingerprint density at radius 3 is 2.80 bits per heavy atom. The molecule has 0 aliphatic carbocycles. The van der Waals surface area contributed by atoms with Gasteiger partial charge in [-0.3, -0.25) is 9.59 Å². The maximum atomic E-state index is 13.1. The van der Waals surface area contributed by atoms with E-state index in [1.807, 2.05) is 0 Å². The molecular weight excluding hydrogens is 347 g/mol. The summed E-state index contributed by atoms with van der Waals surface area (Å²) < 4.78 is 19.5. The van der Waals surface area contributed by atoms with Crippen molar-refractivity contribution >= 4 is 28.8 Å². The third-order valence-electron chi connectivity index (χ3n) is 3.39. The Hall–Kier alpha value is -2.68. The van der Waals surface area contributed by atoms with E-state index in [4.69, 9.17) is 4.74 Å². The number of carbonyl (C=O) groups excluding carboxylic acids is 1. The maximum Gasteiger partial charge on any atom is 0.319 e. The summed E-state index contributed by atoms with van der Waals surface area (Å²) in [5, 5.41) is 4.21. The van der Waals surface area contributed by atoms with Gasteiger partial charge in [0.15, 0.2) is 10.8 Å². The van der Waals surface area contributed by atoms with Gasteiger partial charge in [-0.15, -0.1) is 0 Å². The fourth-order valence-corrected chi connectivity index (χ4v) is 2.99. The third kappa shape index (κ3) is 3.55. The molecule has 0 radical (unpaired) electrons. The number of aromatic nitrogens is 4. The molecule has 9 heteroatoms. The minimum Gasteiger partial charge on any atom is -0.465 e. The minimum atomic E-state index is -0.525. The molecule has 130 valence electrons. The number of carbonyl (C=O) groups is 1. The lowest BCUT2D eigenvalue weighted by molar-refractivity contribution is -0.142. The smallest absolute Gasteiger partial charge is 0.319 e. The van der Waals surface area contributed by atoms with Crippen LogP contribution in [0.1, 0.15) is 13.8 Å². The van der Waals surface area contributed by atoms with Gasteiger partial charge in [-0.25, -0.2) is 14.1 Å². The normalized spacial score (nSPS) is 12.3. The van der Waals surface area contributed by atoms with Gasteiger partial charge in [0.25, 0.3) is 5.56 Å². The van der Waals surface area contributed by atoms with Crippen molar-refractivity contribution in [1.29, 1.82) is 0 Å². The van der Waals surface area contributed by atoms with Crippen LogP contribution in [0.5, 0.6) is 0 Å². The van der Waals surface area contributed by atoms with E-state index in [2.05, 4.69) is 15.1 Å². The monoisotopic (exact) mass is 362 g/mol. The number of fused-ring (bicyclic) bond motifs is 1. The lowest BCUT2D eigenvalue weighted by atomic mass is 10.3. The van der Waals surface area contributed by atoms with Crippen molar-refractivity contribution in [2.75, 3.05) is 6.61 Å². The lowest BCUT2D eigenvalue weighted by Crippen LogP contribution is -2.18. The number of esters is 1. The number of benzene rings is 1. The minimum absolute atomic E-state index is 0.280. The zero-order valence-corrected chi connectivity index (χ0v) is 14.3. The Bertz CT molecular complexity index is 968. The summed E-state index contributed by atoms with van der Waals surface area (Å²) in [6, 6.07) is 5.68. The molecule has 1 unspecified atom stereocenters. The molecule has 0 saturated heterocycles. The predicted octanol–water partition coefficient (Wildman–Crippen LogP) is 2.29. The average molecular weight is 362 g/mol. The number of nitrogens with one attached hydrogen (secondary N) is 1. The van der Waals surface area contributed by atoms with Gasteiger partial charge in [0.2, 0.25) is 0 Å². The van der Waals surface area contributed by atoms with Crippen molar-refractivity contribution < 1.29 is 13.9 Å². The molecule has 0 fully saturated rings. The molecule has 25 heavy (non-hydrogen) atoms. The first-order chi connectivity index (χ1) is 12.0. The van der Waals surface area contributed by atoms with E-state index in [1.165, 1.54) is 23.0 Å². The van der Waals surface area contributed by atoms with Crippen LogP contribution >= 0.6 is 11.8 Å².